The van der Waals surface area contributed by atoms with Gasteiger partial charge in [-0.25, -0.2) is 4.79 Å². The van der Waals surface area contributed by atoms with E-state index in [9.17, 15) is 9.59 Å². The second-order valence-electron chi connectivity index (χ2n) is 4.15. The Morgan fingerprint density at radius 1 is 1.18 bits per heavy atom. The summed E-state index contributed by atoms with van der Waals surface area (Å²) < 4.78 is 0. The number of benzene rings is 1. The summed E-state index contributed by atoms with van der Waals surface area (Å²) in [5, 5.41) is 20.7. The van der Waals surface area contributed by atoms with Crippen LogP contribution in [0.1, 0.15) is 33.6 Å². The first-order valence-electron chi connectivity index (χ1n) is 5.39. The molecule has 2 rings (SSSR count). The predicted molar refractivity (Wildman–Crippen MR) is 59.9 cm³/mol. The van der Waals surface area contributed by atoms with Gasteiger partial charge in [-0.15, -0.1) is 0 Å². The molecular formula is C12H13NO4. The van der Waals surface area contributed by atoms with Crippen LogP contribution >= 0.6 is 0 Å². The largest absolute Gasteiger partial charge is 0.478 e. The number of aliphatic hydroxyl groups excluding tert-OH is 1. The summed E-state index contributed by atoms with van der Waals surface area (Å²) in [6, 6.07) is 6.02. The number of carbonyl (C=O) groups excluding carboxylic acids is 1. The van der Waals surface area contributed by atoms with Gasteiger partial charge in [-0.1, -0.05) is 12.1 Å². The van der Waals surface area contributed by atoms with Gasteiger partial charge in [0.05, 0.1) is 17.2 Å². The van der Waals surface area contributed by atoms with Crippen LogP contribution < -0.4 is 5.32 Å². The van der Waals surface area contributed by atoms with Crippen molar-refractivity contribution < 1.29 is 19.8 Å². The predicted octanol–water partition coefficient (Wildman–Crippen LogP) is 0.638. The van der Waals surface area contributed by atoms with Gasteiger partial charge in [0.1, 0.15) is 0 Å². The van der Waals surface area contributed by atoms with Gasteiger partial charge in [-0.3, -0.25) is 4.79 Å². The molecule has 0 atom stereocenters. The van der Waals surface area contributed by atoms with Crippen LogP contribution in [0, 0.1) is 0 Å². The molecule has 5 nitrogen and oxygen atoms in total. The molecule has 0 bridgehead atoms. The van der Waals surface area contributed by atoms with Gasteiger partial charge in [0.2, 0.25) is 0 Å². The third kappa shape index (κ3) is 2.45. The monoisotopic (exact) mass is 235 g/mol. The lowest BCUT2D eigenvalue weighted by molar-refractivity contribution is 0.0556. The number of carboxylic acids is 1. The van der Waals surface area contributed by atoms with Crippen molar-refractivity contribution >= 4 is 11.9 Å². The summed E-state index contributed by atoms with van der Waals surface area (Å²) in [7, 11) is 0. The summed E-state index contributed by atoms with van der Waals surface area (Å²) in [5.41, 5.74) is 0.145. The van der Waals surface area contributed by atoms with E-state index in [1.807, 2.05) is 0 Å². The number of carbonyl (C=O) groups is 2. The van der Waals surface area contributed by atoms with Crippen LogP contribution in [-0.2, 0) is 0 Å². The standard InChI is InChI=1S/C12H13NO4/c14-8-5-7(6-8)13-11(15)9-3-1-2-4-10(9)12(16)17/h1-4,7-8,14H,5-6H2,(H,13,15)(H,16,17). The number of rotatable bonds is 3. The topological polar surface area (TPSA) is 86.6 Å². The molecule has 1 fully saturated rings. The number of nitrogens with one attached hydrogen (secondary N) is 1. The van der Waals surface area contributed by atoms with Crippen LogP contribution in [0.2, 0.25) is 0 Å². The number of aromatic carboxylic acids is 1. The van der Waals surface area contributed by atoms with Gasteiger partial charge in [-0.2, -0.15) is 0 Å². The normalized spacial score (nSPS) is 22.6. The van der Waals surface area contributed by atoms with E-state index in [0.717, 1.165) is 0 Å². The van der Waals surface area contributed by atoms with Crippen LogP contribution in [0.15, 0.2) is 24.3 Å². The van der Waals surface area contributed by atoms with Gasteiger partial charge in [0.15, 0.2) is 0 Å². The van der Waals surface area contributed by atoms with E-state index >= 15 is 0 Å². The first kappa shape index (κ1) is 11.6. The fourth-order valence-electron chi connectivity index (χ4n) is 1.84. The minimum atomic E-state index is -1.12. The van der Waals surface area contributed by atoms with Gasteiger partial charge in [0.25, 0.3) is 5.91 Å². The highest BCUT2D eigenvalue weighted by atomic mass is 16.4. The van der Waals surface area contributed by atoms with E-state index in [1.165, 1.54) is 12.1 Å². The van der Waals surface area contributed by atoms with Crippen molar-refractivity contribution in [1.82, 2.24) is 5.32 Å². The zero-order valence-corrected chi connectivity index (χ0v) is 9.09. The quantitative estimate of drug-likeness (QED) is 0.717. The fraction of sp³-hybridized carbons (Fsp3) is 0.333. The van der Waals surface area contributed by atoms with Crippen LogP contribution in [0.4, 0.5) is 0 Å². The first-order chi connectivity index (χ1) is 8.08. The molecule has 1 aliphatic carbocycles. The molecular weight excluding hydrogens is 222 g/mol. The number of hydrogen-bond donors (Lipinski definition) is 3. The lowest BCUT2D eigenvalue weighted by atomic mass is 9.89. The molecule has 90 valence electrons. The van der Waals surface area contributed by atoms with Crippen molar-refractivity contribution in [1.29, 1.82) is 0 Å². The molecule has 0 saturated heterocycles. The van der Waals surface area contributed by atoms with E-state index in [-0.39, 0.29) is 23.3 Å². The van der Waals surface area contributed by atoms with Gasteiger partial charge >= 0.3 is 5.97 Å². The van der Waals surface area contributed by atoms with E-state index in [1.54, 1.807) is 12.1 Å². The van der Waals surface area contributed by atoms with Crippen molar-refractivity contribution in [3.63, 3.8) is 0 Å². The summed E-state index contributed by atoms with van der Waals surface area (Å²) in [5.74, 6) is -1.52. The van der Waals surface area contributed by atoms with Gasteiger partial charge in [0, 0.05) is 6.04 Å². The average Bonchev–Trinajstić information content (AvgIpc) is 2.27. The minimum absolute atomic E-state index is 0.00938. The highest BCUT2D eigenvalue weighted by molar-refractivity contribution is 6.04. The van der Waals surface area contributed by atoms with Gasteiger partial charge in [-0.05, 0) is 25.0 Å². The van der Waals surface area contributed by atoms with E-state index < -0.39 is 11.9 Å². The molecule has 0 radical (unpaired) electrons. The lowest BCUT2D eigenvalue weighted by Gasteiger charge is -2.32. The van der Waals surface area contributed by atoms with Crippen LogP contribution in [0.3, 0.4) is 0 Å². The second-order valence-corrected chi connectivity index (χ2v) is 4.15. The van der Waals surface area contributed by atoms with Crippen LogP contribution in [-0.4, -0.2) is 34.2 Å². The number of carboxylic acid groups (broad SMARTS) is 1. The summed E-state index contributed by atoms with van der Waals surface area (Å²) >= 11 is 0. The van der Waals surface area contributed by atoms with E-state index in [4.69, 9.17) is 10.2 Å². The Labute approximate surface area is 98.1 Å². The van der Waals surface area contributed by atoms with Crippen LogP contribution in [0.25, 0.3) is 0 Å². The third-order valence-corrected chi connectivity index (χ3v) is 2.85. The molecule has 5 heteroatoms. The van der Waals surface area contributed by atoms with Crippen molar-refractivity contribution in [2.24, 2.45) is 0 Å². The number of amides is 1. The van der Waals surface area contributed by atoms with Crippen molar-refractivity contribution in [3.05, 3.63) is 35.4 Å². The van der Waals surface area contributed by atoms with E-state index in [0.29, 0.717) is 12.8 Å². The molecule has 1 aromatic carbocycles. The highest BCUT2D eigenvalue weighted by Gasteiger charge is 2.29. The van der Waals surface area contributed by atoms with Crippen molar-refractivity contribution in [3.8, 4) is 0 Å². The van der Waals surface area contributed by atoms with E-state index in [2.05, 4.69) is 5.32 Å². The Hall–Kier alpha value is -1.88. The molecule has 1 aliphatic rings. The van der Waals surface area contributed by atoms with Crippen molar-refractivity contribution in [2.45, 2.75) is 25.0 Å². The zero-order valence-electron chi connectivity index (χ0n) is 9.09. The first-order valence-corrected chi connectivity index (χ1v) is 5.39. The van der Waals surface area contributed by atoms with Crippen LogP contribution in [0.5, 0.6) is 0 Å². The minimum Gasteiger partial charge on any atom is -0.478 e. The third-order valence-electron chi connectivity index (χ3n) is 2.85. The van der Waals surface area contributed by atoms with Crippen molar-refractivity contribution in [2.75, 3.05) is 0 Å². The summed E-state index contributed by atoms with van der Waals surface area (Å²) in [6.07, 6.45) is 0.706. The smallest absolute Gasteiger partial charge is 0.336 e. The lowest BCUT2D eigenvalue weighted by Crippen LogP contribution is -2.47. The Morgan fingerprint density at radius 2 is 1.76 bits per heavy atom. The second kappa shape index (κ2) is 4.55. The maximum absolute atomic E-state index is 11.8. The molecule has 3 N–H and O–H groups in total. The average molecular weight is 235 g/mol. The number of aliphatic hydroxyl groups is 1. The molecule has 1 amide bonds. The molecule has 1 saturated carbocycles. The van der Waals surface area contributed by atoms with Gasteiger partial charge < -0.3 is 15.5 Å². The maximum atomic E-state index is 11.8. The fourth-order valence-corrected chi connectivity index (χ4v) is 1.84. The summed E-state index contributed by atoms with van der Waals surface area (Å²) in [4.78, 5) is 22.8. The zero-order chi connectivity index (χ0) is 12.4. The Bertz CT molecular complexity index is 452. The molecule has 0 aliphatic heterocycles. The Morgan fingerprint density at radius 3 is 2.29 bits per heavy atom. The molecule has 0 unspecified atom stereocenters. The SMILES string of the molecule is O=C(O)c1ccccc1C(=O)NC1CC(O)C1. The number of hydrogen-bond acceptors (Lipinski definition) is 3. The Kier molecular flexibility index (Phi) is 3.10. The Balaban J connectivity index is 2.11. The molecule has 17 heavy (non-hydrogen) atoms. The molecule has 0 heterocycles. The molecule has 0 aromatic heterocycles. The highest BCUT2D eigenvalue weighted by Crippen LogP contribution is 2.20. The molecule has 1 aromatic rings. The summed E-state index contributed by atoms with van der Waals surface area (Å²) in [6.45, 7) is 0. The molecule has 0 spiro atoms. The maximum Gasteiger partial charge on any atom is 0.336 e.